The third-order valence-electron chi connectivity index (χ3n) is 7.52. The normalized spacial score (nSPS) is 14.0. The minimum Gasteiger partial charge on any atom is -0.310 e. The SMILES string of the molecule is [C-]#[N+]c1ccc2c(c1)C1(c3cc(C)ccc3-2)c2ccccc2N(c2ccccc2)c2ccccc21. The maximum absolute atomic E-state index is 7.75. The molecule has 0 aromatic heterocycles. The first kappa shape index (κ1) is 19.8. The van der Waals surface area contributed by atoms with E-state index in [2.05, 4.69) is 126 Å². The average Bonchev–Trinajstić information content (AvgIpc) is 3.19. The smallest absolute Gasteiger partial charge is 0.187 e. The molecule has 2 aliphatic rings. The molecule has 0 bridgehead atoms. The fraction of sp³-hybridized carbons (Fsp3) is 0.0606. The Kier molecular flexibility index (Phi) is 4.07. The molecule has 1 spiro atoms. The second-order valence-corrected chi connectivity index (χ2v) is 9.35. The van der Waals surface area contributed by atoms with Gasteiger partial charge in [-0.1, -0.05) is 96.6 Å². The van der Waals surface area contributed by atoms with Crippen molar-refractivity contribution >= 4 is 22.7 Å². The number of nitrogens with zero attached hydrogens (tertiary/aromatic N) is 2. The first-order valence-electron chi connectivity index (χ1n) is 11.9. The predicted molar refractivity (Wildman–Crippen MR) is 143 cm³/mol. The van der Waals surface area contributed by atoms with Gasteiger partial charge in [0, 0.05) is 5.69 Å². The molecule has 1 aliphatic heterocycles. The zero-order valence-corrected chi connectivity index (χ0v) is 19.4. The van der Waals surface area contributed by atoms with Crippen LogP contribution in [-0.4, -0.2) is 0 Å². The molecule has 0 N–H and O–H groups in total. The molecule has 164 valence electrons. The van der Waals surface area contributed by atoms with E-state index >= 15 is 0 Å². The highest BCUT2D eigenvalue weighted by Gasteiger charge is 2.51. The molecule has 0 radical (unpaired) electrons. The number of aryl methyl sites for hydroxylation is 1. The molecule has 5 aromatic carbocycles. The molecular weight excluding hydrogens is 424 g/mol. The average molecular weight is 447 g/mol. The van der Waals surface area contributed by atoms with Gasteiger partial charge in [0.25, 0.3) is 0 Å². The topological polar surface area (TPSA) is 7.60 Å². The number of benzene rings is 5. The molecule has 2 heteroatoms. The van der Waals surface area contributed by atoms with Crippen molar-refractivity contribution < 1.29 is 0 Å². The molecule has 0 saturated carbocycles. The first-order chi connectivity index (χ1) is 17.2. The number of fused-ring (bicyclic) bond motifs is 9. The van der Waals surface area contributed by atoms with Crippen LogP contribution in [0.4, 0.5) is 22.7 Å². The zero-order valence-electron chi connectivity index (χ0n) is 19.4. The van der Waals surface area contributed by atoms with Crippen LogP contribution in [0.3, 0.4) is 0 Å². The Labute approximate surface area is 205 Å². The van der Waals surface area contributed by atoms with Crippen LogP contribution in [0.15, 0.2) is 115 Å². The Bertz CT molecular complexity index is 1630. The molecule has 1 aliphatic carbocycles. The van der Waals surface area contributed by atoms with E-state index in [1.54, 1.807) is 0 Å². The fourth-order valence-electron chi connectivity index (χ4n) is 6.18. The van der Waals surface area contributed by atoms with Crippen LogP contribution < -0.4 is 4.90 Å². The number of hydrogen-bond acceptors (Lipinski definition) is 1. The van der Waals surface area contributed by atoms with Crippen LogP contribution in [-0.2, 0) is 5.41 Å². The largest absolute Gasteiger partial charge is 0.310 e. The maximum atomic E-state index is 7.75. The van der Waals surface area contributed by atoms with Crippen LogP contribution in [0.2, 0.25) is 0 Å². The summed E-state index contributed by atoms with van der Waals surface area (Å²) in [6.07, 6.45) is 0. The van der Waals surface area contributed by atoms with E-state index in [1.807, 2.05) is 6.07 Å². The van der Waals surface area contributed by atoms with Crippen molar-refractivity contribution in [3.05, 3.63) is 154 Å². The van der Waals surface area contributed by atoms with Gasteiger partial charge in [0.1, 0.15) is 0 Å². The van der Waals surface area contributed by atoms with Crippen LogP contribution in [0.5, 0.6) is 0 Å². The summed E-state index contributed by atoms with van der Waals surface area (Å²) in [7, 11) is 0. The minimum absolute atomic E-state index is 0.490. The lowest BCUT2D eigenvalue weighted by Gasteiger charge is -2.45. The highest BCUT2D eigenvalue weighted by molar-refractivity contribution is 5.96. The van der Waals surface area contributed by atoms with Crippen molar-refractivity contribution in [2.45, 2.75) is 12.3 Å². The number of para-hydroxylation sites is 3. The van der Waals surface area contributed by atoms with E-state index in [1.165, 1.54) is 50.3 Å². The van der Waals surface area contributed by atoms with E-state index in [0.29, 0.717) is 5.69 Å². The van der Waals surface area contributed by atoms with E-state index < -0.39 is 5.41 Å². The number of anilines is 3. The Morgan fingerprint density at radius 1 is 0.600 bits per heavy atom. The van der Waals surface area contributed by atoms with Crippen molar-refractivity contribution in [2.24, 2.45) is 0 Å². The Balaban J connectivity index is 1.68. The monoisotopic (exact) mass is 446 g/mol. The molecule has 2 nitrogen and oxygen atoms in total. The van der Waals surface area contributed by atoms with Gasteiger partial charge in [-0.3, -0.25) is 0 Å². The van der Waals surface area contributed by atoms with Gasteiger partial charge in [-0.25, -0.2) is 4.85 Å². The van der Waals surface area contributed by atoms with Crippen LogP contribution >= 0.6 is 0 Å². The third kappa shape index (κ3) is 2.53. The predicted octanol–water partition coefficient (Wildman–Crippen LogP) is 8.69. The van der Waals surface area contributed by atoms with Crippen molar-refractivity contribution in [2.75, 3.05) is 4.90 Å². The highest BCUT2D eigenvalue weighted by Crippen LogP contribution is 2.63. The molecule has 0 fully saturated rings. The van der Waals surface area contributed by atoms with Crippen molar-refractivity contribution in [1.29, 1.82) is 0 Å². The molecule has 5 aromatic rings. The van der Waals surface area contributed by atoms with Gasteiger partial charge >= 0.3 is 0 Å². The van der Waals surface area contributed by atoms with Crippen molar-refractivity contribution in [3.63, 3.8) is 0 Å². The van der Waals surface area contributed by atoms with Gasteiger partial charge < -0.3 is 4.90 Å². The Morgan fingerprint density at radius 2 is 1.17 bits per heavy atom. The molecule has 7 rings (SSSR count). The van der Waals surface area contributed by atoms with Gasteiger partial charge in [-0.05, 0) is 64.6 Å². The van der Waals surface area contributed by atoms with Gasteiger partial charge in [-0.15, -0.1) is 0 Å². The molecule has 0 unspecified atom stereocenters. The minimum atomic E-state index is -0.490. The van der Waals surface area contributed by atoms with E-state index in [0.717, 1.165) is 5.69 Å². The second-order valence-electron chi connectivity index (χ2n) is 9.35. The van der Waals surface area contributed by atoms with E-state index in [9.17, 15) is 0 Å². The quantitative estimate of drug-likeness (QED) is 0.229. The summed E-state index contributed by atoms with van der Waals surface area (Å²) in [5, 5.41) is 0. The third-order valence-corrected chi connectivity index (χ3v) is 7.52. The summed E-state index contributed by atoms with van der Waals surface area (Å²) in [4.78, 5) is 6.20. The maximum Gasteiger partial charge on any atom is 0.187 e. The van der Waals surface area contributed by atoms with E-state index in [4.69, 9.17) is 6.57 Å². The first-order valence-corrected chi connectivity index (χ1v) is 11.9. The van der Waals surface area contributed by atoms with Gasteiger partial charge in [0.05, 0.1) is 23.4 Å². The number of hydrogen-bond donors (Lipinski definition) is 0. The zero-order chi connectivity index (χ0) is 23.6. The molecular formula is C33H22N2. The lowest BCUT2D eigenvalue weighted by atomic mass is 9.64. The lowest BCUT2D eigenvalue weighted by Crippen LogP contribution is -2.36. The summed E-state index contributed by atoms with van der Waals surface area (Å²) in [6, 6.07) is 41.1. The standard InChI is InChI=1S/C33H22N2/c1-22-16-18-25-26-19-17-23(34-2)21-30(26)33(29(25)20-22)27-12-6-8-14-31(27)35(24-10-4-3-5-11-24)32-15-9-7-13-28(32)33/h3-21H,1H3. The number of rotatable bonds is 1. The van der Waals surface area contributed by atoms with Crippen molar-refractivity contribution in [1.82, 2.24) is 0 Å². The van der Waals surface area contributed by atoms with Crippen molar-refractivity contribution in [3.8, 4) is 11.1 Å². The lowest BCUT2D eigenvalue weighted by molar-refractivity contribution is 0.752. The summed E-state index contributed by atoms with van der Waals surface area (Å²) < 4.78 is 0. The fourth-order valence-corrected chi connectivity index (χ4v) is 6.18. The van der Waals surface area contributed by atoms with Gasteiger partial charge in [0.15, 0.2) is 5.69 Å². The van der Waals surface area contributed by atoms with Gasteiger partial charge in [-0.2, -0.15) is 0 Å². The Morgan fingerprint density at radius 3 is 1.83 bits per heavy atom. The van der Waals surface area contributed by atoms with Gasteiger partial charge in [0.2, 0.25) is 0 Å². The molecule has 1 heterocycles. The van der Waals surface area contributed by atoms with Crippen LogP contribution in [0, 0.1) is 13.5 Å². The second kappa shape index (κ2) is 7.19. The summed E-state index contributed by atoms with van der Waals surface area (Å²) in [5.41, 5.74) is 12.3. The summed E-state index contributed by atoms with van der Waals surface area (Å²) >= 11 is 0. The molecule has 0 amide bonds. The Hall–Kier alpha value is -4.61. The molecule has 0 atom stereocenters. The van der Waals surface area contributed by atoms with Crippen LogP contribution in [0.25, 0.3) is 16.0 Å². The highest BCUT2D eigenvalue weighted by atomic mass is 15.2. The molecule has 35 heavy (non-hydrogen) atoms. The van der Waals surface area contributed by atoms with E-state index in [-0.39, 0.29) is 0 Å². The summed E-state index contributed by atoms with van der Waals surface area (Å²) in [5.74, 6) is 0. The summed E-state index contributed by atoms with van der Waals surface area (Å²) in [6.45, 7) is 9.92. The molecule has 0 saturated heterocycles. The van der Waals surface area contributed by atoms with Crippen LogP contribution in [0.1, 0.15) is 27.8 Å².